The summed E-state index contributed by atoms with van der Waals surface area (Å²) in [6.45, 7) is 12.1. The molecule has 0 saturated heterocycles. The predicted octanol–water partition coefficient (Wildman–Crippen LogP) is 4.48. The molecule has 0 saturated carbocycles. The van der Waals surface area contributed by atoms with Crippen LogP contribution in [-0.2, 0) is 0 Å². The Balaban J connectivity index is 2.73. The Morgan fingerprint density at radius 1 is 1.37 bits per heavy atom. The van der Waals surface area contributed by atoms with Crippen molar-refractivity contribution in [2.75, 3.05) is 13.2 Å². The van der Waals surface area contributed by atoms with E-state index in [-0.39, 0.29) is 0 Å². The summed E-state index contributed by atoms with van der Waals surface area (Å²) < 4.78 is 5.70. The second-order valence-electron chi connectivity index (χ2n) is 5.03. The maximum absolute atomic E-state index is 5.70. The van der Waals surface area contributed by atoms with Crippen molar-refractivity contribution >= 4 is 0 Å². The van der Waals surface area contributed by atoms with Crippen molar-refractivity contribution in [3.63, 3.8) is 0 Å². The second kappa shape index (κ2) is 8.76. The summed E-state index contributed by atoms with van der Waals surface area (Å²) in [5.74, 6) is 0.970. The third kappa shape index (κ3) is 5.93. The van der Waals surface area contributed by atoms with Gasteiger partial charge in [-0.1, -0.05) is 31.6 Å². The van der Waals surface area contributed by atoms with Gasteiger partial charge < -0.3 is 10.1 Å². The van der Waals surface area contributed by atoms with Gasteiger partial charge in [0, 0.05) is 6.04 Å². The highest BCUT2D eigenvalue weighted by Crippen LogP contribution is 2.24. The Labute approximate surface area is 117 Å². The Morgan fingerprint density at radius 3 is 2.79 bits per heavy atom. The SMILES string of the molecule is C=C(C)CCC(NCC)c1cccc(OCCC)c1. The number of hydrogen-bond donors (Lipinski definition) is 1. The van der Waals surface area contributed by atoms with E-state index in [2.05, 4.69) is 50.9 Å². The molecule has 1 atom stereocenters. The zero-order valence-corrected chi connectivity index (χ0v) is 12.5. The number of rotatable bonds is 9. The molecular formula is C17H27NO. The van der Waals surface area contributed by atoms with Crippen LogP contribution in [0, 0.1) is 0 Å². The topological polar surface area (TPSA) is 21.3 Å². The Bertz CT molecular complexity index is 387. The largest absolute Gasteiger partial charge is 0.494 e. The number of hydrogen-bond acceptors (Lipinski definition) is 2. The Hall–Kier alpha value is -1.28. The van der Waals surface area contributed by atoms with Crippen LogP contribution >= 0.6 is 0 Å². The van der Waals surface area contributed by atoms with E-state index >= 15 is 0 Å². The van der Waals surface area contributed by atoms with Crippen molar-refractivity contribution in [3.8, 4) is 5.75 Å². The van der Waals surface area contributed by atoms with Crippen LogP contribution in [0.5, 0.6) is 5.75 Å². The smallest absolute Gasteiger partial charge is 0.119 e. The number of benzene rings is 1. The van der Waals surface area contributed by atoms with Gasteiger partial charge >= 0.3 is 0 Å². The molecule has 2 nitrogen and oxygen atoms in total. The third-order valence-electron chi connectivity index (χ3n) is 3.04. The molecule has 1 aromatic rings. The quantitative estimate of drug-likeness (QED) is 0.662. The summed E-state index contributed by atoms with van der Waals surface area (Å²) >= 11 is 0. The van der Waals surface area contributed by atoms with Crippen LogP contribution < -0.4 is 10.1 Å². The van der Waals surface area contributed by atoms with E-state index in [9.17, 15) is 0 Å². The minimum atomic E-state index is 0.381. The van der Waals surface area contributed by atoms with Crippen molar-refractivity contribution in [1.82, 2.24) is 5.32 Å². The van der Waals surface area contributed by atoms with Gasteiger partial charge in [-0.15, -0.1) is 6.58 Å². The van der Waals surface area contributed by atoms with E-state index in [4.69, 9.17) is 4.74 Å². The minimum Gasteiger partial charge on any atom is -0.494 e. The molecule has 106 valence electrons. The highest BCUT2D eigenvalue weighted by Gasteiger charge is 2.10. The second-order valence-corrected chi connectivity index (χ2v) is 5.03. The molecule has 19 heavy (non-hydrogen) atoms. The van der Waals surface area contributed by atoms with E-state index < -0.39 is 0 Å². The first-order chi connectivity index (χ1) is 9.17. The van der Waals surface area contributed by atoms with E-state index in [0.717, 1.165) is 38.2 Å². The molecule has 0 spiro atoms. The fourth-order valence-electron chi connectivity index (χ4n) is 2.06. The fourth-order valence-corrected chi connectivity index (χ4v) is 2.06. The maximum atomic E-state index is 5.70. The summed E-state index contributed by atoms with van der Waals surface area (Å²) in [6, 6.07) is 8.81. The average Bonchev–Trinajstić information content (AvgIpc) is 2.41. The molecular weight excluding hydrogens is 234 g/mol. The summed E-state index contributed by atoms with van der Waals surface area (Å²) in [5.41, 5.74) is 2.54. The minimum absolute atomic E-state index is 0.381. The van der Waals surface area contributed by atoms with Crippen molar-refractivity contribution < 1.29 is 4.74 Å². The van der Waals surface area contributed by atoms with Gasteiger partial charge in [0.2, 0.25) is 0 Å². The van der Waals surface area contributed by atoms with Crippen LogP contribution in [0.3, 0.4) is 0 Å². The van der Waals surface area contributed by atoms with Gasteiger partial charge in [0.25, 0.3) is 0 Å². The molecule has 0 aliphatic rings. The van der Waals surface area contributed by atoms with Crippen molar-refractivity contribution in [2.24, 2.45) is 0 Å². The highest BCUT2D eigenvalue weighted by molar-refractivity contribution is 5.30. The number of allylic oxidation sites excluding steroid dienone is 1. The molecule has 1 unspecified atom stereocenters. The lowest BCUT2D eigenvalue weighted by Gasteiger charge is -2.19. The summed E-state index contributed by atoms with van der Waals surface area (Å²) in [4.78, 5) is 0. The van der Waals surface area contributed by atoms with Gasteiger partial charge in [-0.2, -0.15) is 0 Å². The van der Waals surface area contributed by atoms with E-state index in [1.54, 1.807) is 0 Å². The molecule has 0 radical (unpaired) electrons. The molecule has 1 aromatic carbocycles. The first kappa shape index (κ1) is 15.8. The Morgan fingerprint density at radius 2 is 2.16 bits per heavy atom. The zero-order chi connectivity index (χ0) is 14.1. The predicted molar refractivity (Wildman–Crippen MR) is 82.7 cm³/mol. The van der Waals surface area contributed by atoms with Gasteiger partial charge in [-0.25, -0.2) is 0 Å². The number of nitrogens with one attached hydrogen (secondary N) is 1. The summed E-state index contributed by atoms with van der Waals surface area (Å²) in [7, 11) is 0. The Kier molecular flexibility index (Phi) is 7.27. The van der Waals surface area contributed by atoms with Gasteiger partial charge in [0.05, 0.1) is 6.61 Å². The van der Waals surface area contributed by atoms with Gasteiger partial charge in [-0.3, -0.25) is 0 Å². The van der Waals surface area contributed by atoms with Crippen LogP contribution in [0.15, 0.2) is 36.4 Å². The summed E-state index contributed by atoms with van der Waals surface area (Å²) in [5, 5.41) is 3.54. The molecule has 0 aromatic heterocycles. The molecule has 0 heterocycles. The molecule has 0 fully saturated rings. The lowest BCUT2D eigenvalue weighted by molar-refractivity contribution is 0.316. The van der Waals surface area contributed by atoms with Gasteiger partial charge in [0.15, 0.2) is 0 Å². The van der Waals surface area contributed by atoms with Crippen molar-refractivity contribution in [3.05, 3.63) is 42.0 Å². The van der Waals surface area contributed by atoms with Crippen LogP contribution in [0.4, 0.5) is 0 Å². The zero-order valence-electron chi connectivity index (χ0n) is 12.5. The highest BCUT2D eigenvalue weighted by atomic mass is 16.5. The van der Waals surface area contributed by atoms with Gasteiger partial charge in [-0.05, 0) is 50.4 Å². The lowest BCUT2D eigenvalue weighted by Crippen LogP contribution is -2.21. The van der Waals surface area contributed by atoms with Crippen LogP contribution in [0.25, 0.3) is 0 Å². The third-order valence-corrected chi connectivity index (χ3v) is 3.04. The monoisotopic (exact) mass is 261 g/mol. The van der Waals surface area contributed by atoms with E-state index in [1.165, 1.54) is 11.1 Å². The average molecular weight is 261 g/mol. The lowest BCUT2D eigenvalue weighted by atomic mass is 9.99. The standard InChI is InChI=1S/C17H27NO/c1-5-12-19-16-9-7-8-15(13-16)17(18-6-2)11-10-14(3)4/h7-9,13,17-18H,3,5-6,10-12H2,1-2,4H3. The molecule has 0 aliphatic carbocycles. The first-order valence-corrected chi connectivity index (χ1v) is 7.27. The molecule has 1 N–H and O–H groups in total. The van der Waals surface area contributed by atoms with E-state index in [1.807, 2.05) is 6.07 Å². The normalized spacial score (nSPS) is 12.2. The molecule has 0 aliphatic heterocycles. The molecule has 0 amide bonds. The maximum Gasteiger partial charge on any atom is 0.119 e. The summed E-state index contributed by atoms with van der Waals surface area (Å²) in [6.07, 6.45) is 3.18. The molecule has 2 heteroatoms. The van der Waals surface area contributed by atoms with Crippen LogP contribution in [-0.4, -0.2) is 13.2 Å². The van der Waals surface area contributed by atoms with E-state index in [0.29, 0.717) is 6.04 Å². The van der Waals surface area contributed by atoms with Crippen molar-refractivity contribution in [1.29, 1.82) is 0 Å². The first-order valence-electron chi connectivity index (χ1n) is 7.27. The number of ether oxygens (including phenoxy) is 1. The van der Waals surface area contributed by atoms with Crippen molar-refractivity contribution in [2.45, 2.75) is 46.1 Å². The van der Waals surface area contributed by atoms with Gasteiger partial charge in [0.1, 0.15) is 5.75 Å². The van der Waals surface area contributed by atoms with Crippen LogP contribution in [0.1, 0.15) is 51.6 Å². The molecule has 1 rings (SSSR count). The molecule has 0 bridgehead atoms. The fraction of sp³-hybridized carbons (Fsp3) is 0.529. The van der Waals surface area contributed by atoms with Crippen LogP contribution in [0.2, 0.25) is 0 Å².